The molecule has 0 saturated carbocycles. The molecule has 19 heavy (non-hydrogen) atoms. The Bertz CT molecular complexity index is 606. The Morgan fingerprint density at radius 2 is 1.42 bits per heavy atom. The van der Waals surface area contributed by atoms with E-state index in [4.69, 9.17) is 0 Å². The molecule has 0 aliphatic heterocycles. The molecule has 0 fully saturated rings. The number of aryl methyl sites for hydroxylation is 1. The van der Waals surface area contributed by atoms with Gasteiger partial charge in [-0.05, 0) is 24.0 Å². The molecule has 4 heteroatoms. The van der Waals surface area contributed by atoms with Crippen molar-refractivity contribution >= 4 is 10.1 Å². The molecule has 0 aliphatic rings. The molecule has 2 rings (SSSR count). The molecule has 0 radical (unpaired) electrons. The molecule has 1 N–H and O–H groups in total. The molecule has 1 unspecified atom stereocenters. The SMILES string of the molecule is O=S(=O)(O)C(CCc1ccccc1)c1ccccc1. The van der Waals surface area contributed by atoms with Gasteiger partial charge in [-0.2, -0.15) is 8.42 Å². The zero-order valence-corrected chi connectivity index (χ0v) is 11.3. The average Bonchev–Trinajstić information content (AvgIpc) is 2.40. The monoisotopic (exact) mass is 276 g/mol. The van der Waals surface area contributed by atoms with Crippen LogP contribution in [0.15, 0.2) is 60.7 Å². The predicted octanol–water partition coefficient (Wildman–Crippen LogP) is 3.25. The number of hydrogen-bond acceptors (Lipinski definition) is 2. The van der Waals surface area contributed by atoms with Gasteiger partial charge in [0, 0.05) is 0 Å². The molecule has 2 aromatic rings. The molecule has 0 aromatic heterocycles. The number of rotatable bonds is 5. The summed E-state index contributed by atoms with van der Waals surface area (Å²) in [6.45, 7) is 0. The molecule has 0 spiro atoms. The van der Waals surface area contributed by atoms with Gasteiger partial charge >= 0.3 is 0 Å². The van der Waals surface area contributed by atoms with Gasteiger partial charge in [-0.3, -0.25) is 4.55 Å². The fourth-order valence-corrected chi connectivity index (χ4v) is 3.01. The Morgan fingerprint density at radius 1 is 0.895 bits per heavy atom. The van der Waals surface area contributed by atoms with Crippen molar-refractivity contribution in [1.82, 2.24) is 0 Å². The van der Waals surface area contributed by atoms with E-state index in [-0.39, 0.29) is 0 Å². The maximum atomic E-state index is 11.5. The first kappa shape index (κ1) is 13.8. The highest BCUT2D eigenvalue weighted by Gasteiger charge is 2.24. The van der Waals surface area contributed by atoms with Gasteiger partial charge in [-0.15, -0.1) is 0 Å². The van der Waals surface area contributed by atoms with Crippen LogP contribution in [0.4, 0.5) is 0 Å². The second-order valence-electron chi connectivity index (χ2n) is 4.44. The average molecular weight is 276 g/mol. The fourth-order valence-electron chi connectivity index (χ4n) is 2.10. The van der Waals surface area contributed by atoms with Crippen LogP contribution in [0.1, 0.15) is 22.8 Å². The summed E-state index contributed by atoms with van der Waals surface area (Å²) >= 11 is 0. The number of hydrogen-bond donors (Lipinski definition) is 1. The van der Waals surface area contributed by atoms with Crippen molar-refractivity contribution in [2.45, 2.75) is 18.1 Å². The smallest absolute Gasteiger partial charge is 0.272 e. The molecular weight excluding hydrogens is 260 g/mol. The third-order valence-corrected chi connectivity index (χ3v) is 4.30. The van der Waals surface area contributed by atoms with Crippen LogP contribution in [0.25, 0.3) is 0 Å². The van der Waals surface area contributed by atoms with Gasteiger partial charge in [0.05, 0.1) is 0 Å². The minimum Gasteiger partial charge on any atom is -0.285 e. The van der Waals surface area contributed by atoms with E-state index >= 15 is 0 Å². The van der Waals surface area contributed by atoms with Crippen LogP contribution in [-0.2, 0) is 16.5 Å². The van der Waals surface area contributed by atoms with Crippen LogP contribution in [0.2, 0.25) is 0 Å². The first-order chi connectivity index (χ1) is 9.07. The Balaban J connectivity index is 2.17. The highest BCUT2D eigenvalue weighted by atomic mass is 32.2. The summed E-state index contributed by atoms with van der Waals surface area (Å²) in [5.74, 6) is 0. The summed E-state index contributed by atoms with van der Waals surface area (Å²) in [6, 6.07) is 18.5. The Labute approximate surface area is 113 Å². The van der Waals surface area contributed by atoms with Crippen molar-refractivity contribution in [3.8, 4) is 0 Å². The van der Waals surface area contributed by atoms with E-state index in [2.05, 4.69) is 0 Å². The van der Waals surface area contributed by atoms with Gasteiger partial charge in [0.15, 0.2) is 0 Å². The molecule has 0 amide bonds. The first-order valence-corrected chi connectivity index (χ1v) is 7.63. The lowest BCUT2D eigenvalue weighted by Gasteiger charge is -2.14. The van der Waals surface area contributed by atoms with Crippen LogP contribution >= 0.6 is 0 Å². The van der Waals surface area contributed by atoms with Gasteiger partial charge in [-0.1, -0.05) is 60.7 Å². The van der Waals surface area contributed by atoms with Crippen LogP contribution in [-0.4, -0.2) is 13.0 Å². The summed E-state index contributed by atoms with van der Waals surface area (Å²) in [7, 11) is -4.09. The zero-order chi connectivity index (χ0) is 13.7. The molecule has 100 valence electrons. The number of benzene rings is 2. The van der Waals surface area contributed by atoms with Crippen molar-refractivity contribution < 1.29 is 13.0 Å². The van der Waals surface area contributed by atoms with Crippen molar-refractivity contribution in [3.05, 3.63) is 71.8 Å². The van der Waals surface area contributed by atoms with E-state index in [1.54, 1.807) is 24.3 Å². The largest absolute Gasteiger partial charge is 0.285 e. The highest BCUT2D eigenvalue weighted by molar-refractivity contribution is 7.86. The van der Waals surface area contributed by atoms with Crippen LogP contribution in [0, 0.1) is 0 Å². The van der Waals surface area contributed by atoms with E-state index < -0.39 is 15.4 Å². The maximum Gasteiger partial charge on any atom is 0.272 e. The fraction of sp³-hybridized carbons (Fsp3) is 0.200. The van der Waals surface area contributed by atoms with E-state index in [1.165, 1.54) is 0 Å². The van der Waals surface area contributed by atoms with Crippen molar-refractivity contribution in [3.63, 3.8) is 0 Å². The lowest BCUT2D eigenvalue weighted by molar-refractivity contribution is 0.464. The third-order valence-electron chi connectivity index (χ3n) is 3.07. The van der Waals surface area contributed by atoms with Gasteiger partial charge in [0.1, 0.15) is 5.25 Å². The minimum atomic E-state index is -4.09. The van der Waals surface area contributed by atoms with Crippen LogP contribution in [0.3, 0.4) is 0 Å². The van der Waals surface area contributed by atoms with E-state index in [0.29, 0.717) is 18.4 Å². The third kappa shape index (κ3) is 3.91. The molecule has 0 saturated heterocycles. The molecule has 2 aromatic carbocycles. The van der Waals surface area contributed by atoms with E-state index in [0.717, 1.165) is 5.56 Å². The zero-order valence-electron chi connectivity index (χ0n) is 10.4. The van der Waals surface area contributed by atoms with Crippen LogP contribution in [0.5, 0.6) is 0 Å². The lowest BCUT2D eigenvalue weighted by Crippen LogP contribution is -2.13. The predicted molar refractivity (Wildman–Crippen MR) is 75.5 cm³/mol. The van der Waals surface area contributed by atoms with Crippen molar-refractivity contribution in [2.75, 3.05) is 0 Å². The molecule has 0 aliphatic carbocycles. The second-order valence-corrected chi connectivity index (χ2v) is 6.04. The lowest BCUT2D eigenvalue weighted by atomic mass is 10.0. The molecule has 0 bridgehead atoms. The Hall–Kier alpha value is -1.65. The van der Waals surface area contributed by atoms with Gasteiger partial charge in [0.2, 0.25) is 0 Å². The van der Waals surface area contributed by atoms with E-state index in [1.807, 2.05) is 36.4 Å². The first-order valence-electron chi connectivity index (χ1n) is 6.12. The summed E-state index contributed by atoms with van der Waals surface area (Å²) in [5.41, 5.74) is 1.69. The summed E-state index contributed by atoms with van der Waals surface area (Å²) in [4.78, 5) is 0. The quantitative estimate of drug-likeness (QED) is 0.853. The Morgan fingerprint density at radius 3 is 1.95 bits per heavy atom. The maximum absolute atomic E-state index is 11.5. The van der Waals surface area contributed by atoms with Crippen LogP contribution < -0.4 is 0 Å². The van der Waals surface area contributed by atoms with Gasteiger partial charge in [0.25, 0.3) is 10.1 Å². The summed E-state index contributed by atoms with van der Waals surface area (Å²) in [6.07, 6.45) is 0.979. The van der Waals surface area contributed by atoms with E-state index in [9.17, 15) is 13.0 Å². The topological polar surface area (TPSA) is 54.4 Å². The standard InChI is InChI=1S/C15H16O3S/c16-19(17,18)15(14-9-5-2-6-10-14)12-11-13-7-3-1-4-8-13/h1-10,15H,11-12H2,(H,16,17,18). The molecule has 1 atom stereocenters. The van der Waals surface area contributed by atoms with Gasteiger partial charge < -0.3 is 0 Å². The highest BCUT2D eigenvalue weighted by Crippen LogP contribution is 2.26. The van der Waals surface area contributed by atoms with Gasteiger partial charge in [-0.25, -0.2) is 0 Å². The summed E-state index contributed by atoms with van der Waals surface area (Å²) < 4.78 is 32.4. The second kappa shape index (κ2) is 5.99. The Kier molecular flexibility index (Phi) is 4.35. The van der Waals surface area contributed by atoms with Crippen molar-refractivity contribution in [2.24, 2.45) is 0 Å². The normalized spacial score (nSPS) is 13.1. The molecular formula is C15H16O3S. The minimum absolute atomic E-state index is 0.368. The van der Waals surface area contributed by atoms with Crippen molar-refractivity contribution in [1.29, 1.82) is 0 Å². The summed E-state index contributed by atoms with van der Waals surface area (Å²) in [5, 5.41) is -0.867. The molecule has 3 nitrogen and oxygen atoms in total. The molecule has 0 heterocycles.